The van der Waals surface area contributed by atoms with Crippen LogP contribution in [-0.4, -0.2) is 0 Å². The van der Waals surface area contributed by atoms with Crippen molar-refractivity contribution in [1.29, 1.82) is 0 Å². The quantitative estimate of drug-likeness (QED) is 0.173. The first-order valence-electron chi connectivity index (χ1n) is 18.4. The van der Waals surface area contributed by atoms with Gasteiger partial charge in [0, 0.05) is 38.6 Å². The fourth-order valence-corrected chi connectivity index (χ4v) is 8.61. The molecule has 2 nitrogen and oxygen atoms in total. The Balaban J connectivity index is 1.14. The molecule has 0 aliphatic heterocycles. The predicted molar refractivity (Wildman–Crippen MR) is 226 cm³/mol. The summed E-state index contributed by atoms with van der Waals surface area (Å²) in [6, 6.07) is 70.9. The largest absolute Gasteiger partial charge is 0.310 e. The highest BCUT2D eigenvalue weighted by molar-refractivity contribution is 6.05. The summed E-state index contributed by atoms with van der Waals surface area (Å²) in [5.74, 6) is 0. The highest BCUT2D eigenvalue weighted by Gasteiger charge is 2.37. The minimum absolute atomic E-state index is 0.235. The van der Waals surface area contributed by atoms with Crippen molar-refractivity contribution >= 4 is 66.4 Å². The maximum atomic E-state index is 2.47. The maximum Gasteiger partial charge on any atom is 0.0540 e. The summed E-state index contributed by atoms with van der Waals surface area (Å²) in [4.78, 5) is 4.88. The molecule has 0 spiro atoms. The molecule has 9 aromatic rings. The molecule has 9 aromatic carbocycles. The second-order valence-corrected chi connectivity index (χ2v) is 14.6. The van der Waals surface area contributed by atoms with E-state index in [4.69, 9.17) is 0 Å². The zero-order valence-corrected chi connectivity index (χ0v) is 29.9. The summed E-state index contributed by atoms with van der Waals surface area (Å²) in [5.41, 5.74) is 12.0. The number of anilines is 6. The van der Waals surface area contributed by atoms with E-state index in [0.717, 1.165) is 17.1 Å². The molecule has 1 aliphatic carbocycles. The third-order valence-electron chi connectivity index (χ3n) is 11.2. The zero-order chi connectivity index (χ0) is 35.5. The van der Waals surface area contributed by atoms with Crippen molar-refractivity contribution in [1.82, 2.24) is 0 Å². The summed E-state index contributed by atoms with van der Waals surface area (Å²) >= 11 is 0. The Labute approximate surface area is 310 Å². The minimum Gasteiger partial charge on any atom is -0.310 e. The summed E-state index contributed by atoms with van der Waals surface area (Å²) in [5, 5.41) is 7.37. The van der Waals surface area contributed by atoms with Crippen molar-refractivity contribution < 1.29 is 0 Å². The van der Waals surface area contributed by atoms with E-state index in [1.165, 1.54) is 71.6 Å². The Kier molecular flexibility index (Phi) is 7.19. The fourth-order valence-electron chi connectivity index (χ4n) is 8.61. The average Bonchev–Trinajstić information content (AvgIpc) is 3.43. The third kappa shape index (κ3) is 5.02. The van der Waals surface area contributed by atoms with Crippen molar-refractivity contribution in [2.24, 2.45) is 0 Å². The van der Waals surface area contributed by atoms with Crippen LogP contribution in [0, 0.1) is 0 Å². The van der Waals surface area contributed by atoms with E-state index in [2.05, 4.69) is 218 Å². The van der Waals surface area contributed by atoms with Gasteiger partial charge in [-0.3, -0.25) is 0 Å². The molecule has 0 heterocycles. The lowest BCUT2D eigenvalue weighted by Gasteiger charge is -2.30. The number of para-hydroxylation sites is 1. The third-order valence-corrected chi connectivity index (χ3v) is 11.2. The topological polar surface area (TPSA) is 6.48 Å². The van der Waals surface area contributed by atoms with Crippen molar-refractivity contribution in [2.45, 2.75) is 19.3 Å². The number of rotatable bonds is 6. The van der Waals surface area contributed by atoms with E-state index in [-0.39, 0.29) is 5.41 Å². The van der Waals surface area contributed by atoms with Crippen molar-refractivity contribution in [3.63, 3.8) is 0 Å². The molecule has 0 amide bonds. The van der Waals surface area contributed by atoms with Crippen LogP contribution in [0.4, 0.5) is 34.1 Å². The molecule has 0 aromatic heterocycles. The van der Waals surface area contributed by atoms with Gasteiger partial charge in [-0.05, 0) is 93.0 Å². The number of hydrogen-bond donors (Lipinski definition) is 0. The van der Waals surface area contributed by atoms with Gasteiger partial charge in [-0.2, -0.15) is 0 Å². The second kappa shape index (κ2) is 12.3. The first-order chi connectivity index (χ1) is 26.1. The van der Waals surface area contributed by atoms with Gasteiger partial charge in [-0.15, -0.1) is 0 Å². The Bertz CT molecular complexity index is 2740. The number of hydrogen-bond acceptors (Lipinski definition) is 2. The normalized spacial score (nSPS) is 12.9. The highest BCUT2D eigenvalue weighted by Crippen LogP contribution is 2.53. The van der Waals surface area contributed by atoms with Gasteiger partial charge in [0.25, 0.3) is 0 Å². The molecule has 1 aliphatic rings. The van der Waals surface area contributed by atoms with Gasteiger partial charge in [0.15, 0.2) is 0 Å². The number of fused-ring (bicyclic) bond motifs is 6. The van der Waals surface area contributed by atoms with Crippen LogP contribution in [0.1, 0.15) is 25.0 Å². The molecule has 0 bridgehead atoms. The van der Waals surface area contributed by atoms with E-state index in [9.17, 15) is 0 Å². The lowest BCUT2D eigenvalue weighted by molar-refractivity contribution is 0.660. The minimum atomic E-state index is -0.235. The van der Waals surface area contributed by atoms with Crippen LogP contribution < -0.4 is 9.80 Å². The van der Waals surface area contributed by atoms with Crippen molar-refractivity contribution in [3.05, 3.63) is 205 Å². The zero-order valence-electron chi connectivity index (χ0n) is 29.9. The summed E-state index contributed by atoms with van der Waals surface area (Å²) in [6.07, 6.45) is 0. The van der Waals surface area contributed by atoms with Crippen LogP contribution in [0.15, 0.2) is 194 Å². The molecule has 0 saturated heterocycles. The van der Waals surface area contributed by atoms with Gasteiger partial charge in [0.05, 0.1) is 17.1 Å². The fraction of sp³-hybridized carbons (Fsp3) is 0.0588. The summed E-state index contributed by atoms with van der Waals surface area (Å²) in [6.45, 7) is 4.77. The average molecular weight is 679 g/mol. The molecule has 2 heteroatoms. The van der Waals surface area contributed by atoms with Gasteiger partial charge in [0.2, 0.25) is 0 Å². The van der Waals surface area contributed by atoms with E-state index in [1.54, 1.807) is 0 Å². The smallest absolute Gasteiger partial charge is 0.0540 e. The van der Waals surface area contributed by atoms with Crippen LogP contribution >= 0.6 is 0 Å². The van der Waals surface area contributed by atoms with Crippen LogP contribution in [0.2, 0.25) is 0 Å². The number of benzene rings is 9. The molecular weight excluding hydrogens is 641 g/mol. The highest BCUT2D eigenvalue weighted by atomic mass is 15.2. The molecule has 0 radical (unpaired) electrons. The monoisotopic (exact) mass is 678 g/mol. The van der Waals surface area contributed by atoms with Crippen LogP contribution in [0.5, 0.6) is 0 Å². The molecule has 0 fully saturated rings. The molecule has 53 heavy (non-hydrogen) atoms. The molecule has 10 rings (SSSR count). The molecular formula is C51H38N2. The van der Waals surface area contributed by atoms with Crippen molar-refractivity contribution in [3.8, 4) is 11.1 Å². The maximum absolute atomic E-state index is 2.47. The van der Waals surface area contributed by atoms with E-state index >= 15 is 0 Å². The van der Waals surface area contributed by atoms with Crippen LogP contribution in [0.25, 0.3) is 43.4 Å². The lowest BCUT2D eigenvalue weighted by Crippen LogP contribution is -2.18. The first kappa shape index (κ1) is 31.1. The second-order valence-electron chi connectivity index (χ2n) is 14.6. The number of nitrogens with zero attached hydrogens (tertiary/aromatic N) is 2. The molecule has 252 valence electrons. The van der Waals surface area contributed by atoms with E-state index in [0.29, 0.717) is 0 Å². The van der Waals surface area contributed by atoms with Crippen LogP contribution in [-0.2, 0) is 5.41 Å². The van der Waals surface area contributed by atoms with Gasteiger partial charge < -0.3 is 9.80 Å². The molecule has 0 N–H and O–H groups in total. The predicted octanol–water partition coefficient (Wildman–Crippen LogP) is 14.4. The van der Waals surface area contributed by atoms with Gasteiger partial charge >= 0.3 is 0 Å². The Morgan fingerprint density at radius 1 is 0.321 bits per heavy atom. The van der Waals surface area contributed by atoms with Gasteiger partial charge in [-0.25, -0.2) is 0 Å². The van der Waals surface area contributed by atoms with Crippen molar-refractivity contribution in [2.75, 3.05) is 9.80 Å². The lowest BCUT2D eigenvalue weighted by atomic mass is 9.82. The summed E-state index contributed by atoms with van der Waals surface area (Å²) < 4.78 is 0. The summed E-state index contributed by atoms with van der Waals surface area (Å²) in [7, 11) is 0. The first-order valence-corrected chi connectivity index (χ1v) is 18.4. The Hall–Kier alpha value is -6.64. The van der Waals surface area contributed by atoms with Crippen LogP contribution in [0.3, 0.4) is 0 Å². The Morgan fingerprint density at radius 2 is 0.698 bits per heavy atom. The Morgan fingerprint density at radius 3 is 1.17 bits per heavy atom. The molecule has 0 atom stereocenters. The molecule has 0 saturated carbocycles. The SMILES string of the molecule is CC1(C)c2cc(N(c3ccccc3)c3cccc4ccccc34)ccc2-c2ccc(N(c3cccc4ccccc34)c3cccc4ccccc34)cc21. The van der Waals surface area contributed by atoms with Gasteiger partial charge in [0.1, 0.15) is 0 Å². The standard InChI is InChI=1S/C51H38N2/c1-51(2)46-33-39(52(38-21-4-3-5-22-38)48-26-12-18-35-15-6-9-23-41(35)48)29-31-44(46)45-32-30-40(34-47(45)51)53(49-27-13-19-36-16-7-10-24-42(36)49)50-28-14-20-37-17-8-11-25-43(37)50/h3-34H,1-2H3. The van der Waals surface area contributed by atoms with Gasteiger partial charge in [-0.1, -0.05) is 153 Å². The molecule has 0 unspecified atom stereocenters. The van der Waals surface area contributed by atoms with E-state index < -0.39 is 0 Å². The van der Waals surface area contributed by atoms with E-state index in [1.807, 2.05) is 0 Å².